The van der Waals surface area contributed by atoms with Crippen LogP contribution < -0.4 is 14.8 Å². The SMILES string of the molecule is CC[C@@H](C)Nc1cc(C)nc2cc(-c3ccc(OC)c(OC)c3)nn12. The van der Waals surface area contributed by atoms with Crippen molar-refractivity contribution in [3.05, 3.63) is 36.0 Å². The number of methoxy groups -OCH3 is 2. The number of rotatable bonds is 6. The zero-order chi connectivity index (χ0) is 18.0. The van der Waals surface area contributed by atoms with Gasteiger partial charge in [0.05, 0.1) is 19.9 Å². The Morgan fingerprint density at radius 3 is 2.56 bits per heavy atom. The highest BCUT2D eigenvalue weighted by molar-refractivity contribution is 5.68. The maximum absolute atomic E-state index is 5.39. The molecule has 3 rings (SSSR count). The van der Waals surface area contributed by atoms with Crippen LogP contribution in [0.3, 0.4) is 0 Å². The molecule has 2 heterocycles. The molecule has 1 aromatic carbocycles. The molecule has 0 saturated heterocycles. The first-order valence-electron chi connectivity index (χ1n) is 8.42. The molecule has 0 radical (unpaired) electrons. The Morgan fingerprint density at radius 1 is 1.12 bits per heavy atom. The average Bonchev–Trinajstić information content (AvgIpc) is 3.04. The van der Waals surface area contributed by atoms with Crippen LogP contribution in [0.5, 0.6) is 11.5 Å². The van der Waals surface area contributed by atoms with Gasteiger partial charge in [0.15, 0.2) is 17.1 Å². The number of nitrogens with one attached hydrogen (secondary N) is 1. The number of benzene rings is 1. The predicted molar refractivity (Wildman–Crippen MR) is 99.6 cm³/mol. The van der Waals surface area contributed by atoms with Gasteiger partial charge in [0.2, 0.25) is 0 Å². The first kappa shape index (κ1) is 17.1. The summed E-state index contributed by atoms with van der Waals surface area (Å²) >= 11 is 0. The number of ether oxygens (including phenoxy) is 2. The smallest absolute Gasteiger partial charge is 0.161 e. The summed E-state index contributed by atoms with van der Waals surface area (Å²) in [6.07, 6.45) is 1.03. The zero-order valence-electron chi connectivity index (χ0n) is 15.3. The Balaban J connectivity index is 2.08. The standard InChI is InChI=1S/C19H24N4O2/c1-6-12(2)20-18-9-13(3)21-19-11-15(22-23(18)19)14-7-8-16(24-4)17(10-14)25-5/h7-12,20H,6H2,1-5H3/t12-/m1/s1. The summed E-state index contributed by atoms with van der Waals surface area (Å²) in [5.74, 6) is 2.32. The minimum atomic E-state index is 0.360. The molecule has 0 aliphatic carbocycles. The molecule has 0 amide bonds. The molecule has 0 aliphatic heterocycles. The number of fused-ring (bicyclic) bond motifs is 1. The summed E-state index contributed by atoms with van der Waals surface area (Å²) in [7, 11) is 3.26. The van der Waals surface area contributed by atoms with Crippen molar-refractivity contribution >= 4 is 11.5 Å². The van der Waals surface area contributed by atoms with E-state index in [1.807, 2.05) is 41.8 Å². The lowest BCUT2D eigenvalue weighted by molar-refractivity contribution is 0.355. The van der Waals surface area contributed by atoms with Crippen LogP contribution in [0.4, 0.5) is 5.82 Å². The first-order valence-corrected chi connectivity index (χ1v) is 8.42. The van der Waals surface area contributed by atoms with Gasteiger partial charge in [-0.25, -0.2) is 4.98 Å². The second-order valence-corrected chi connectivity index (χ2v) is 6.11. The van der Waals surface area contributed by atoms with Gasteiger partial charge < -0.3 is 14.8 Å². The normalized spacial score (nSPS) is 12.2. The Kier molecular flexibility index (Phi) is 4.79. The van der Waals surface area contributed by atoms with E-state index in [0.29, 0.717) is 17.5 Å². The van der Waals surface area contributed by atoms with Crippen molar-refractivity contribution in [1.82, 2.24) is 14.6 Å². The second-order valence-electron chi connectivity index (χ2n) is 6.11. The molecule has 1 N–H and O–H groups in total. The van der Waals surface area contributed by atoms with Crippen LogP contribution in [0.15, 0.2) is 30.3 Å². The fourth-order valence-electron chi connectivity index (χ4n) is 2.69. The van der Waals surface area contributed by atoms with E-state index in [0.717, 1.165) is 34.8 Å². The molecule has 3 aromatic rings. The van der Waals surface area contributed by atoms with Gasteiger partial charge >= 0.3 is 0 Å². The Morgan fingerprint density at radius 2 is 1.88 bits per heavy atom. The van der Waals surface area contributed by atoms with E-state index in [2.05, 4.69) is 24.1 Å². The Bertz CT molecular complexity index is 889. The molecule has 1 atom stereocenters. The fourth-order valence-corrected chi connectivity index (χ4v) is 2.69. The maximum Gasteiger partial charge on any atom is 0.161 e. The van der Waals surface area contributed by atoms with Crippen LogP contribution in [-0.4, -0.2) is 34.9 Å². The molecule has 0 aliphatic rings. The molecular weight excluding hydrogens is 316 g/mol. The molecule has 0 unspecified atom stereocenters. The highest BCUT2D eigenvalue weighted by atomic mass is 16.5. The summed E-state index contributed by atoms with van der Waals surface area (Å²) in [5, 5.41) is 8.23. The van der Waals surface area contributed by atoms with E-state index in [9.17, 15) is 0 Å². The highest BCUT2D eigenvalue weighted by Gasteiger charge is 2.13. The molecule has 0 fully saturated rings. The van der Waals surface area contributed by atoms with E-state index in [1.165, 1.54) is 0 Å². The second kappa shape index (κ2) is 7.01. The molecule has 25 heavy (non-hydrogen) atoms. The number of hydrogen-bond acceptors (Lipinski definition) is 5. The number of aryl methyl sites for hydroxylation is 1. The Hall–Kier alpha value is -2.76. The topological polar surface area (TPSA) is 60.7 Å². The molecule has 0 bridgehead atoms. The fraction of sp³-hybridized carbons (Fsp3) is 0.368. The lowest BCUT2D eigenvalue weighted by Gasteiger charge is -2.14. The molecule has 2 aromatic heterocycles. The van der Waals surface area contributed by atoms with Crippen LogP contribution in [0, 0.1) is 6.92 Å². The van der Waals surface area contributed by atoms with Crippen LogP contribution in [-0.2, 0) is 0 Å². The van der Waals surface area contributed by atoms with Gasteiger partial charge in [-0.2, -0.15) is 9.61 Å². The van der Waals surface area contributed by atoms with Gasteiger partial charge in [0.25, 0.3) is 0 Å². The highest BCUT2D eigenvalue weighted by Crippen LogP contribution is 2.32. The third kappa shape index (κ3) is 3.38. The third-order valence-electron chi connectivity index (χ3n) is 4.24. The van der Waals surface area contributed by atoms with Crippen molar-refractivity contribution in [2.75, 3.05) is 19.5 Å². The van der Waals surface area contributed by atoms with E-state index in [-0.39, 0.29) is 0 Å². The van der Waals surface area contributed by atoms with Crippen LogP contribution >= 0.6 is 0 Å². The van der Waals surface area contributed by atoms with Crippen LogP contribution in [0.25, 0.3) is 16.9 Å². The summed E-state index contributed by atoms with van der Waals surface area (Å²) < 4.78 is 12.6. The summed E-state index contributed by atoms with van der Waals surface area (Å²) in [6, 6.07) is 10.1. The van der Waals surface area contributed by atoms with Crippen LogP contribution in [0.1, 0.15) is 26.0 Å². The molecule has 132 valence electrons. The van der Waals surface area contributed by atoms with Crippen molar-refractivity contribution in [1.29, 1.82) is 0 Å². The minimum absolute atomic E-state index is 0.360. The number of hydrogen-bond donors (Lipinski definition) is 1. The predicted octanol–water partition coefficient (Wildman–Crippen LogP) is 3.93. The first-order chi connectivity index (χ1) is 12.0. The monoisotopic (exact) mass is 340 g/mol. The van der Waals surface area contributed by atoms with Crippen LogP contribution in [0.2, 0.25) is 0 Å². The largest absolute Gasteiger partial charge is 0.493 e. The van der Waals surface area contributed by atoms with E-state index in [4.69, 9.17) is 14.6 Å². The molecule has 0 spiro atoms. The summed E-state index contributed by atoms with van der Waals surface area (Å²) in [6.45, 7) is 6.30. The van der Waals surface area contributed by atoms with E-state index >= 15 is 0 Å². The maximum atomic E-state index is 5.39. The van der Waals surface area contributed by atoms with Gasteiger partial charge in [-0.3, -0.25) is 0 Å². The van der Waals surface area contributed by atoms with Crippen molar-refractivity contribution in [2.45, 2.75) is 33.2 Å². The molecule has 6 heteroatoms. The van der Waals surface area contributed by atoms with E-state index in [1.54, 1.807) is 14.2 Å². The molecule has 0 saturated carbocycles. The van der Waals surface area contributed by atoms with Gasteiger partial charge in [0.1, 0.15) is 5.82 Å². The average molecular weight is 340 g/mol. The quantitative estimate of drug-likeness (QED) is 0.737. The number of nitrogens with zero attached hydrogens (tertiary/aromatic N) is 3. The van der Waals surface area contributed by atoms with Gasteiger partial charge in [0, 0.05) is 29.4 Å². The molecular formula is C19H24N4O2. The Labute approximate surface area is 147 Å². The van der Waals surface area contributed by atoms with Gasteiger partial charge in [-0.05, 0) is 38.5 Å². The van der Waals surface area contributed by atoms with Gasteiger partial charge in [-0.1, -0.05) is 6.92 Å². The lowest BCUT2D eigenvalue weighted by atomic mass is 10.1. The van der Waals surface area contributed by atoms with E-state index < -0.39 is 0 Å². The van der Waals surface area contributed by atoms with Crippen molar-refractivity contribution < 1.29 is 9.47 Å². The van der Waals surface area contributed by atoms with Crippen molar-refractivity contribution in [3.8, 4) is 22.8 Å². The summed E-state index contributed by atoms with van der Waals surface area (Å²) in [5.41, 5.74) is 3.56. The number of anilines is 1. The van der Waals surface area contributed by atoms with Crippen molar-refractivity contribution in [2.24, 2.45) is 0 Å². The third-order valence-corrected chi connectivity index (χ3v) is 4.24. The summed E-state index contributed by atoms with van der Waals surface area (Å²) in [4.78, 5) is 4.60. The van der Waals surface area contributed by atoms with Crippen molar-refractivity contribution in [3.63, 3.8) is 0 Å². The van der Waals surface area contributed by atoms with Gasteiger partial charge in [-0.15, -0.1) is 0 Å². The minimum Gasteiger partial charge on any atom is -0.493 e. The zero-order valence-corrected chi connectivity index (χ0v) is 15.3. The number of aromatic nitrogens is 3. The lowest BCUT2D eigenvalue weighted by Crippen LogP contribution is -2.16. The molecule has 6 nitrogen and oxygen atoms in total.